The first-order valence-electron chi connectivity index (χ1n) is 21.0. The number of carboxylic acid groups (broad SMARTS) is 1. The number of hydrogen-bond acceptors (Lipinski definition) is 9. The smallest absolute Gasteiger partial charge is 0.322 e. The summed E-state index contributed by atoms with van der Waals surface area (Å²) in [6, 6.07) is 8.14. The SMILES string of the molecule is CC(C)C1=C2C3CCC4C(C)(CCC5C(C)C(OC(=O)CC(C)(C)C(=O)O)CCC54C)C3CCC2(c2nnc(N(CCN(C)C)c3ccc(Cl)cc3)o2)CC1=O. The number of likely N-dealkylation sites (N-methyl/N-ethyl adjacent to an activating group) is 1. The number of benzene rings is 1. The molecular weight excluding hydrogens is 728 g/mol. The van der Waals surface area contributed by atoms with E-state index in [1.54, 1.807) is 13.8 Å². The van der Waals surface area contributed by atoms with Gasteiger partial charge in [0, 0.05) is 30.2 Å². The number of fused-ring (bicyclic) bond motifs is 7. The van der Waals surface area contributed by atoms with E-state index in [1.807, 2.05) is 38.4 Å². The number of nitrogens with zero attached hydrogens (tertiary/aromatic N) is 4. The summed E-state index contributed by atoms with van der Waals surface area (Å²) in [7, 11) is 4.09. The van der Waals surface area contributed by atoms with Crippen LogP contribution in [0.5, 0.6) is 0 Å². The summed E-state index contributed by atoms with van der Waals surface area (Å²) in [5.74, 6) is 1.37. The van der Waals surface area contributed by atoms with E-state index >= 15 is 0 Å². The van der Waals surface area contributed by atoms with E-state index in [0.29, 0.717) is 47.6 Å². The predicted molar refractivity (Wildman–Crippen MR) is 217 cm³/mol. The molecule has 0 saturated heterocycles. The maximum absolute atomic E-state index is 14.2. The van der Waals surface area contributed by atoms with Gasteiger partial charge >= 0.3 is 18.0 Å². The fraction of sp³-hybridized carbons (Fsp3) is 0.711. The summed E-state index contributed by atoms with van der Waals surface area (Å²) in [5, 5.41) is 19.7. The molecule has 5 aliphatic carbocycles. The number of carbonyl (C=O) groups is 3. The number of aliphatic carboxylic acids is 1. The maximum Gasteiger partial charge on any atom is 0.322 e. The molecule has 11 heteroatoms. The van der Waals surface area contributed by atoms with Crippen LogP contribution in [0.4, 0.5) is 11.7 Å². The maximum atomic E-state index is 14.2. The average Bonchev–Trinajstić information content (AvgIpc) is 3.73. The van der Waals surface area contributed by atoms with Crippen LogP contribution in [0.1, 0.15) is 119 Å². The monoisotopic (exact) mass is 790 g/mol. The molecule has 0 amide bonds. The van der Waals surface area contributed by atoms with Crippen LogP contribution >= 0.6 is 11.6 Å². The molecule has 2 aromatic rings. The van der Waals surface area contributed by atoms with Gasteiger partial charge in [0.25, 0.3) is 0 Å². The molecule has 4 saturated carbocycles. The number of ketones is 1. The topological polar surface area (TPSA) is 126 Å². The zero-order valence-electron chi connectivity index (χ0n) is 35.0. The summed E-state index contributed by atoms with van der Waals surface area (Å²) >= 11 is 6.27. The number of esters is 1. The molecule has 0 spiro atoms. The highest BCUT2D eigenvalue weighted by atomic mass is 35.5. The third kappa shape index (κ3) is 6.82. The van der Waals surface area contributed by atoms with E-state index in [4.69, 9.17) is 25.9 Å². The summed E-state index contributed by atoms with van der Waals surface area (Å²) in [4.78, 5) is 43.1. The number of anilines is 2. The molecule has 9 unspecified atom stereocenters. The Morgan fingerprint density at radius 2 is 1.64 bits per heavy atom. The third-order valence-corrected chi connectivity index (χ3v) is 15.8. The second-order valence-electron chi connectivity index (χ2n) is 19.8. The van der Waals surface area contributed by atoms with Crippen molar-refractivity contribution < 1.29 is 28.6 Å². The van der Waals surface area contributed by atoms with Gasteiger partial charge in [-0.3, -0.25) is 19.3 Å². The predicted octanol–water partition coefficient (Wildman–Crippen LogP) is 9.29. The van der Waals surface area contributed by atoms with Crippen LogP contribution in [0.3, 0.4) is 0 Å². The number of rotatable bonds is 11. The quantitative estimate of drug-likeness (QED) is 0.220. The van der Waals surface area contributed by atoms with Crippen LogP contribution in [0.2, 0.25) is 5.02 Å². The molecule has 1 aromatic carbocycles. The van der Waals surface area contributed by atoms with E-state index in [2.05, 4.69) is 49.5 Å². The minimum Gasteiger partial charge on any atom is -0.481 e. The lowest BCUT2D eigenvalue weighted by Crippen LogP contribution is -2.61. The lowest BCUT2D eigenvalue weighted by Gasteiger charge is -2.67. The Kier molecular flexibility index (Phi) is 10.9. The van der Waals surface area contributed by atoms with Crippen LogP contribution in [-0.4, -0.2) is 71.2 Å². The number of Topliss-reactive ketones (excluding diaryl/α,β-unsaturated/α-hetero) is 1. The van der Waals surface area contributed by atoms with Crippen LogP contribution in [-0.2, 0) is 24.5 Å². The molecule has 9 atom stereocenters. The highest BCUT2D eigenvalue weighted by Crippen LogP contribution is 2.72. The number of carbonyl (C=O) groups excluding carboxylic acids is 2. The fourth-order valence-electron chi connectivity index (χ4n) is 12.7. The molecule has 56 heavy (non-hydrogen) atoms. The minimum atomic E-state index is -1.16. The molecule has 0 bridgehead atoms. The number of ether oxygens (including phenoxy) is 1. The van der Waals surface area contributed by atoms with Gasteiger partial charge in [-0.2, -0.15) is 0 Å². The second-order valence-corrected chi connectivity index (χ2v) is 20.3. The van der Waals surface area contributed by atoms with Crippen molar-refractivity contribution in [2.75, 3.05) is 32.1 Å². The van der Waals surface area contributed by atoms with Gasteiger partial charge in [-0.1, -0.05) is 51.3 Å². The lowest BCUT2D eigenvalue weighted by molar-refractivity contribution is -0.191. The van der Waals surface area contributed by atoms with Crippen LogP contribution < -0.4 is 4.90 Å². The lowest BCUT2D eigenvalue weighted by atomic mass is 9.38. The summed E-state index contributed by atoms with van der Waals surface area (Å²) in [5.41, 5.74) is 1.67. The molecule has 5 aliphatic rings. The van der Waals surface area contributed by atoms with Gasteiger partial charge in [-0.25, -0.2) is 0 Å². The first kappa shape index (κ1) is 40.9. The Bertz CT molecular complexity index is 1870. The number of aromatic nitrogens is 2. The Morgan fingerprint density at radius 3 is 2.30 bits per heavy atom. The average molecular weight is 791 g/mol. The van der Waals surface area contributed by atoms with Crippen LogP contribution in [0, 0.1) is 51.8 Å². The molecule has 0 radical (unpaired) electrons. The molecule has 10 nitrogen and oxygen atoms in total. The van der Waals surface area contributed by atoms with Gasteiger partial charge < -0.3 is 19.2 Å². The number of halogens is 1. The first-order chi connectivity index (χ1) is 26.3. The van der Waals surface area contributed by atoms with Crippen molar-refractivity contribution in [2.24, 2.45) is 51.8 Å². The number of hydrogen-bond donors (Lipinski definition) is 1. The normalized spacial score (nSPS) is 34.2. The van der Waals surface area contributed by atoms with Gasteiger partial charge in [0.15, 0.2) is 5.78 Å². The first-order valence-corrected chi connectivity index (χ1v) is 21.4. The van der Waals surface area contributed by atoms with E-state index in [-0.39, 0.29) is 46.9 Å². The van der Waals surface area contributed by atoms with E-state index < -0.39 is 22.8 Å². The highest BCUT2D eigenvalue weighted by Gasteiger charge is 2.66. The van der Waals surface area contributed by atoms with Gasteiger partial charge in [-0.15, -0.1) is 5.10 Å². The molecule has 7 rings (SSSR count). The van der Waals surface area contributed by atoms with E-state index in [9.17, 15) is 19.5 Å². The van der Waals surface area contributed by atoms with Crippen molar-refractivity contribution in [3.63, 3.8) is 0 Å². The molecular formula is C45H63ClN4O6. The van der Waals surface area contributed by atoms with Crippen LogP contribution in [0.25, 0.3) is 0 Å². The fourth-order valence-corrected chi connectivity index (χ4v) is 12.9. The largest absolute Gasteiger partial charge is 0.481 e. The number of allylic oxidation sites excluding steroid dienone is 2. The summed E-state index contributed by atoms with van der Waals surface area (Å²) < 4.78 is 12.8. The molecule has 1 heterocycles. The second kappa shape index (κ2) is 14.9. The van der Waals surface area contributed by atoms with Crippen molar-refractivity contribution in [3.05, 3.63) is 46.3 Å². The zero-order valence-corrected chi connectivity index (χ0v) is 35.7. The van der Waals surface area contributed by atoms with Crippen molar-refractivity contribution in [2.45, 2.75) is 124 Å². The molecule has 0 aliphatic heterocycles. The van der Waals surface area contributed by atoms with E-state index in [0.717, 1.165) is 69.2 Å². The van der Waals surface area contributed by atoms with Crippen LogP contribution in [0.15, 0.2) is 39.8 Å². The minimum absolute atomic E-state index is 0.102. The van der Waals surface area contributed by atoms with E-state index in [1.165, 1.54) is 5.57 Å². The summed E-state index contributed by atoms with van der Waals surface area (Å²) in [6.07, 6.45) is 7.99. The molecule has 4 fully saturated rings. The Labute approximate surface area is 338 Å². The highest BCUT2D eigenvalue weighted by molar-refractivity contribution is 6.30. The Morgan fingerprint density at radius 1 is 0.982 bits per heavy atom. The standard InChI is InChI=1S/C45H63ClN4O6/c1-26(2)37-33(51)24-45(39-47-48-41(56-39)50(23-22-49(8)9)29-12-10-28(46)11-13-29)21-17-32-30(38(37)45)14-15-35-43(6)20-18-34(27(3)31(43)16-19-44(32,35)7)55-36(52)25-42(4,5)40(53)54/h10-13,26-27,30-32,34-35H,14-25H2,1-9H3,(H,53,54). The molecule has 1 aromatic heterocycles. The molecule has 1 N–H and O–H groups in total. The van der Waals surface area contributed by atoms with Gasteiger partial charge in [-0.05, 0) is 161 Å². The van der Waals surface area contributed by atoms with Crippen molar-refractivity contribution >= 4 is 41.0 Å². The Hall–Kier alpha value is -3.24. The zero-order chi connectivity index (χ0) is 40.5. The van der Waals surface area contributed by atoms with Crippen molar-refractivity contribution in [1.82, 2.24) is 15.1 Å². The van der Waals surface area contributed by atoms with Crippen molar-refractivity contribution in [3.8, 4) is 0 Å². The van der Waals surface area contributed by atoms with Crippen molar-refractivity contribution in [1.29, 1.82) is 0 Å². The summed E-state index contributed by atoms with van der Waals surface area (Å²) in [6.45, 7) is 16.2. The molecule has 306 valence electrons. The van der Waals surface area contributed by atoms with Gasteiger partial charge in [0.1, 0.15) is 6.10 Å². The third-order valence-electron chi connectivity index (χ3n) is 15.5. The number of carboxylic acids is 1. The van der Waals surface area contributed by atoms with Gasteiger partial charge in [0.05, 0.1) is 17.3 Å². The Balaban J connectivity index is 1.16. The van der Waals surface area contributed by atoms with Gasteiger partial charge in [0.2, 0.25) is 5.89 Å².